The van der Waals surface area contributed by atoms with Crippen molar-refractivity contribution < 1.29 is 28.6 Å². The van der Waals surface area contributed by atoms with E-state index < -0.39 is 6.10 Å². The zero-order chi connectivity index (χ0) is 48.6. The average Bonchev–Trinajstić information content (AvgIpc) is 3.33. The summed E-state index contributed by atoms with van der Waals surface area (Å²) in [5.74, 6) is -0.868. The standard InChI is InChI=1S/C61H112O6/c1-4-7-10-13-16-19-22-25-28-29-30-31-34-37-40-43-46-49-52-55-61(64)67-58(56-65-59(62)53-50-47-44-41-38-35-32-26-23-20-17-14-11-8-5-2)57-66-60(63)54-51-48-45-42-39-36-33-27-24-21-18-15-12-9-6-3/h20-21,23-25,28,58H,4-19,22,26-27,29-57H2,1-3H3/b23-20-,24-21-,28-25-. The summed E-state index contributed by atoms with van der Waals surface area (Å²) < 4.78 is 16.9. The third kappa shape index (κ3) is 54.4. The van der Waals surface area contributed by atoms with Crippen LogP contribution in [0.25, 0.3) is 0 Å². The van der Waals surface area contributed by atoms with Gasteiger partial charge in [0.25, 0.3) is 0 Å². The molecule has 0 aliphatic carbocycles. The fourth-order valence-electron chi connectivity index (χ4n) is 8.60. The first kappa shape index (κ1) is 64.6. The van der Waals surface area contributed by atoms with E-state index in [4.69, 9.17) is 14.2 Å². The summed E-state index contributed by atoms with van der Waals surface area (Å²) in [4.78, 5) is 38.2. The van der Waals surface area contributed by atoms with Crippen molar-refractivity contribution >= 4 is 17.9 Å². The lowest BCUT2D eigenvalue weighted by atomic mass is 10.1. The van der Waals surface area contributed by atoms with Crippen LogP contribution < -0.4 is 0 Å². The monoisotopic (exact) mass is 941 g/mol. The van der Waals surface area contributed by atoms with Gasteiger partial charge in [0.15, 0.2) is 6.10 Å². The van der Waals surface area contributed by atoms with Gasteiger partial charge in [-0.1, -0.05) is 237 Å². The van der Waals surface area contributed by atoms with E-state index in [1.807, 2.05) is 0 Å². The molecule has 0 saturated heterocycles. The smallest absolute Gasteiger partial charge is 0.306 e. The predicted molar refractivity (Wildman–Crippen MR) is 289 cm³/mol. The number of hydrogen-bond acceptors (Lipinski definition) is 6. The van der Waals surface area contributed by atoms with E-state index in [0.717, 1.165) is 57.8 Å². The number of hydrogen-bond donors (Lipinski definition) is 0. The van der Waals surface area contributed by atoms with Gasteiger partial charge in [-0.15, -0.1) is 0 Å². The van der Waals surface area contributed by atoms with Gasteiger partial charge >= 0.3 is 17.9 Å². The van der Waals surface area contributed by atoms with E-state index in [1.54, 1.807) is 0 Å². The summed E-state index contributed by atoms with van der Waals surface area (Å²) in [7, 11) is 0. The second kappa shape index (κ2) is 56.2. The first-order chi connectivity index (χ1) is 33.0. The van der Waals surface area contributed by atoms with Gasteiger partial charge in [0, 0.05) is 19.3 Å². The van der Waals surface area contributed by atoms with E-state index in [2.05, 4.69) is 57.2 Å². The van der Waals surface area contributed by atoms with Gasteiger partial charge in [-0.25, -0.2) is 0 Å². The molecule has 0 aromatic carbocycles. The Kier molecular flexibility index (Phi) is 54.2. The van der Waals surface area contributed by atoms with E-state index in [-0.39, 0.29) is 31.1 Å². The molecule has 0 bridgehead atoms. The zero-order valence-corrected chi connectivity index (χ0v) is 44.9. The van der Waals surface area contributed by atoms with Crippen LogP contribution in [0.5, 0.6) is 0 Å². The van der Waals surface area contributed by atoms with Crippen molar-refractivity contribution in [3.05, 3.63) is 36.5 Å². The molecule has 0 unspecified atom stereocenters. The lowest BCUT2D eigenvalue weighted by molar-refractivity contribution is -0.167. The maximum Gasteiger partial charge on any atom is 0.306 e. The van der Waals surface area contributed by atoms with Crippen molar-refractivity contribution in [3.63, 3.8) is 0 Å². The Morgan fingerprint density at radius 2 is 0.493 bits per heavy atom. The minimum atomic E-state index is -0.775. The second-order valence-corrected chi connectivity index (χ2v) is 19.9. The van der Waals surface area contributed by atoms with Crippen molar-refractivity contribution in [1.82, 2.24) is 0 Å². The fraction of sp³-hybridized carbons (Fsp3) is 0.852. The molecule has 0 N–H and O–H groups in total. The highest BCUT2D eigenvalue weighted by Gasteiger charge is 2.19. The maximum atomic E-state index is 12.9. The normalized spacial score (nSPS) is 11.8. The Balaban J connectivity index is 4.35. The lowest BCUT2D eigenvalue weighted by Crippen LogP contribution is -2.30. The number of ether oxygens (including phenoxy) is 3. The van der Waals surface area contributed by atoms with Crippen LogP contribution >= 0.6 is 0 Å². The summed E-state index contributed by atoms with van der Waals surface area (Å²) in [6.07, 6.45) is 67.0. The number of carbonyl (C=O) groups excluding carboxylic acids is 3. The van der Waals surface area contributed by atoms with Gasteiger partial charge < -0.3 is 14.2 Å². The molecule has 67 heavy (non-hydrogen) atoms. The molecule has 0 radical (unpaired) electrons. The highest BCUT2D eigenvalue weighted by atomic mass is 16.6. The molecular weight excluding hydrogens is 829 g/mol. The van der Waals surface area contributed by atoms with Crippen LogP contribution in [0.15, 0.2) is 36.5 Å². The number of rotatable bonds is 54. The SMILES string of the molecule is CCCCCC/C=C\CCCCCCCCCC(=O)OCC(COC(=O)CCCCCCCCC/C=C\CCCCCC)OC(=O)CCCCCCCCCCC/C=C\CCCCCCCC. The van der Waals surface area contributed by atoms with E-state index in [1.165, 1.54) is 218 Å². The van der Waals surface area contributed by atoms with Crippen LogP contribution in [0.3, 0.4) is 0 Å². The Morgan fingerprint density at radius 3 is 0.761 bits per heavy atom. The first-order valence-electron chi connectivity index (χ1n) is 29.5. The van der Waals surface area contributed by atoms with Crippen LogP contribution in [0.1, 0.15) is 316 Å². The van der Waals surface area contributed by atoms with Gasteiger partial charge in [0.05, 0.1) is 0 Å². The predicted octanol–water partition coefficient (Wildman–Crippen LogP) is 19.7. The van der Waals surface area contributed by atoms with Crippen LogP contribution in [0, 0.1) is 0 Å². The molecule has 0 spiro atoms. The minimum absolute atomic E-state index is 0.0741. The van der Waals surface area contributed by atoms with Gasteiger partial charge in [0.2, 0.25) is 0 Å². The Morgan fingerprint density at radius 1 is 0.284 bits per heavy atom. The Labute approximate surface area is 416 Å². The first-order valence-corrected chi connectivity index (χ1v) is 29.5. The molecule has 6 nitrogen and oxygen atoms in total. The molecule has 0 aromatic rings. The largest absolute Gasteiger partial charge is 0.462 e. The maximum absolute atomic E-state index is 12.9. The highest BCUT2D eigenvalue weighted by molar-refractivity contribution is 5.71. The van der Waals surface area contributed by atoms with Crippen molar-refractivity contribution in [2.75, 3.05) is 13.2 Å². The molecule has 0 amide bonds. The van der Waals surface area contributed by atoms with Gasteiger partial charge in [-0.3, -0.25) is 14.4 Å². The van der Waals surface area contributed by atoms with Crippen LogP contribution in [0.4, 0.5) is 0 Å². The van der Waals surface area contributed by atoms with E-state index in [9.17, 15) is 14.4 Å². The Hall–Kier alpha value is -2.37. The minimum Gasteiger partial charge on any atom is -0.462 e. The topological polar surface area (TPSA) is 78.9 Å². The van der Waals surface area contributed by atoms with Crippen molar-refractivity contribution in [2.45, 2.75) is 322 Å². The van der Waals surface area contributed by atoms with Crippen molar-refractivity contribution in [3.8, 4) is 0 Å². The van der Waals surface area contributed by atoms with E-state index >= 15 is 0 Å². The molecule has 0 aliphatic heterocycles. The summed E-state index contributed by atoms with van der Waals surface area (Å²) in [5.41, 5.74) is 0. The van der Waals surface area contributed by atoms with Crippen LogP contribution in [-0.2, 0) is 28.6 Å². The van der Waals surface area contributed by atoms with Crippen molar-refractivity contribution in [2.24, 2.45) is 0 Å². The summed E-state index contributed by atoms with van der Waals surface area (Å²) in [5, 5.41) is 0. The highest BCUT2D eigenvalue weighted by Crippen LogP contribution is 2.16. The number of allylic oxidation sites excluding steroid dienone is 6. The fourth-order valence-corrected chi connectivity index (χ4v) is 8.60. The second-order valence-electron chi connectivity index (χ2n) is 19.9. The number of unbranched alkanes of at least 4 members (excludes halogenated alkanes) is 37. The van der Waals surface area contributed by atoms with Gasteiger partial charge in [-0.2, -0.15) is 0 Å². The molecule has 0 fully saturated rings. The van der Waals surface area contributed by atoms with Crippen LogP contribution in [0.2, 0.25) is 0 Å². The molecule has 6 heteroatoms. The average molecular weight is 942 g/mol. The molecule has 0 atom stereocenters. The third-order valence-electron chi connectivity index (χ3n) is 13.1. The molecule has 0 aliphatic rings. The van der Waals surface area contributed by atoms with E-state index in [0.29, 0.717) is 19.3 Å². The summed E-state index contributed by atoms with van der Waals surface area (Å²) in [6, 6.07) is 0. The molecule has 0 saturated carbocycles. The molecule has 0 aromatic heterocycles. The van der Waals surface area contributed by atoms with Gasteiger partial charge in [0.1, 0.15) is 13.2 Å². The lowest BCUT2D eigenvalue weighted by Gasteiger charge is -2.18. The quantitative estimate of drug-likeness (QED) is 0.0262. The van der Waals surface area contributed by atoms with Crippen LogP contribution in [-0.4, -0.2) is 37.2 Å². The molecular formula is C61H112O6. The summed E-state index contributed by atoms with van der Waals surface area (Å²) in [6.45, 7) is 6.64. The molecule has 0 rings (SSSR count). The third-order valence-corrected chi connectivity index (χ3v) is 13.1. The molecule has 392 valence electrons. The van der Waals surface area contributed by atoms with Crippen molar-refractivity contribution in [1.29, 1.82) is 0 Å². The Bertz CT molecular complexity index is 1070. The summed E-state index contributed by atoms with van der Waals surface area (Å²) >= 11 is 0. The van der Waals surface area contributed by atoms with Gasteiger partial charge in [-0.05, 0) is 96.3 Å². The zero-order valence-electron chi connectivity index (χ0n) is 44.9. The molecule has 0 heterocycles. The number of carbonyl (C=O) groups is 3. The number of esters is 3.